The van der Waals surface area contributed by atoms with Gasteiger partial charge in [-0.25, -0.2) is 0 Å². The zero-order chi connectivity index (χ0) is 21.5. The van der Waals surface area contributed by atoms with Crippen LogP contribution in [0.1, 0.15) is 10.4 Å². The van der Waals surface area contributed by atoms with E-state index in [0.717, 1.165) is 17.6 Å². The number of benzene rings is 2. The van der Waals surface area contributed by atoms with Gasteiger partial charge in [0.15, 0.2) is 0 Å². The van der Waals surface area contributed by atoms with Crippen molar-refractivity contribution in [3.05, 3.63) is 63.6 Å². The summed E-state index contributed by atoms with van der Waals surface area (Å²) < 4.78 is 0.938. The van der Waals surface area contributed by atoms with Gasteiger partial charge in [-0.2, -0.15) is 0 Å². The Morgan fingerprint density at radius 1 is 0.900 bits per heavy atom. The topological polar surface area (TPSA) is 81.8 Å². The van der Waals surface area contributed by atoms with Gasteiger partial charge in [0.2, 0.25) is 0 Å². The number of carbonyl (C=O) groups is 3. The largest absolute Gasteiger partial charge is 0.347 e. The highest BCUT2D eigenvalue weighted by Crippen LogP contribution is 2.14. The van der Waals surface area contributed by atoms with Crippen LogP contribution in [0.5, 0.6) is 0 Å². The van der Waals surface area contributed by atoms with Crippen molar-refractivity contribution in [2.75, 3.05) is 44.6 Å². The molecule has 0 atom stereocenters. The second kappa shape index (κ2) is 10.6. The summed E-state index contributed by atoms with van der Waals surface area (Å²) in [7, 11) is 0. The van der Waals surface area contributed by atoms with Gasteiger partial charge in [-0.3, -0.25) is 19.3 Å². The van der Waals surface area contributed by atoms with Crippen LogP contribution in [0.2, 0.25) is 5.02 Å². The number of rotatable bonds is 5. The van der Waals surface area contributed by atoms with E-state index >= 15 is 0 Å². The first-order valence-electron chi connectivity index (χ1n) is 9.54. The van der Waals surface area contributed by atoms with Crippen molar-refractivity contribution in [3.8, 4) is 0 Å². The van der Waals surface area contributed by atoms with Gasteiger partial charge < -0.3 is 15.5 Å². The van der Waals surface area contributed by atoms with Crippen LogP contribution in [-0.2, 0) is 9.59 Å². The van der Waals surface area contributed by atoms with Crippen LogP contribution >= 0.6 is 27.5 Å². The van der Waals surface area contributed by atoms with Crippen molar-refractivity contribution in [2.24, 2.45) is 0 Å². The SMILES string of the molecule is O=C(NCCN1CCN(C(=O)c2ccc(Br)cc2)CC1)C(=O)Nc1ccc(Cl)cc1. The average molecular weight is 494 g/mol. The summed E-state index contributed by atoms with van der Waals surface area (Å²) >= 11 is 9.17. The Balaban J connectivity index is 1.36. The lowest BCUT2D eigenvalue weighted by atomic mass is 10.2. The van der Waals surface area contributed by atoms with E-state index < -0.39 is 11.8 Å². The van der Waals surface area contributed by atoms with Gasteiger partial charge in [-0.1, -0.05) is 27.5 Å². The minimum Gasteiger partial charge on any atom is -0.347 e. The Labute approximate surface area is 188 Å². The predicted molar refractivity (Wildman–Crippen MR) is 120 cm³/mol. The second-order valence-corrected chi connectivity index (χ2v) is 8.21. The van der Waals surface area contributed by atoms with Crippen LogP contribution in [-0.4, -0.2) is 66.8 Å². The highest BCUT2D eigenvalue weighted by molar-refractivity contribution is 9.10. The minimum atomic E-state index is -0.720. The molecule has 3 amide bonds. The molecule has 0 radical (unpaired) electrons. The van der Waals surface area contributed by atoms with E-state index in [1.807, 2.05) is 29.2 Å². The standard InChI is InChI=1S/C21H22BrClN4O3/c22-16-3-1-15(2-4-16)21(30)27-13-11-26(12-14-27)10-9-24-19(28)20(29)25-18-7-5-17(23)6-8-18/h1-8H,9-14H2,(H,24,28)(H,25,29). The van der Waals surface area contributed by atoms with Crippen LogP contribution in [0.4, 0.5) is 5.69 Å². The van der Waals surface area contributed by atoms with Crippen molar-refractivity contribution < 1.29 is 14.4 Å². The first-order chi connectivity index (χ1) is 14.4. The van der Waals surface area contributed by atoms with Crippen molar-refractivity contribution in [1.82, 2.24) is 15.1 Å². The summed E-state index contributed by atoms with van der Waals surface area (Å²) in [4.78, 5) is 40.4. The summed E-state index contributed by atoms with van der Waals surface area (Å²) in [6.45, 7) is 3.65. The van der Waals surface area contributed by atoms with Gasteiger partial charge in [0.05, 0.1) is 0 Å². The van der Waals surface area contributed by atoms with Gasteiger partial charge >= 0.3 is 11.8 Å². The smallest absolute Gasteiger partial charge is 0.313 e. The monoisotopic (exact) mass is 492 g/mol. The lowest BCUT2D eigenvalue weighted by Crippen LogP contribution is -2.50. The molecule has 7 nitrogen and oxygen atoms in total. The van der Waals surface area contributed by atoms with E-state index in [9.17, 15) is 14.4 Å². The molecule has 2 N–H and O–H groups in total. The third-order valence-corrected chi connectivity index (χ3v) is 5.55. The van der Waals surface area contributed by atoms with Gasteiger partial charge in [0.25, 0.3) is 5.91 Å². The fraction of sp³-hybridized carbons (Fsp3) is 0.286. The molecule has 0 bridgehead atoms. The molecule has 0 saturated carbocycles. The Bertz CT molecular complexity index is 897. The number of nitrogens with zero attached hydrogens (tertiary/aromatic N) is 2. The normalized spacial score (nSPS) is 14.3. The third kappa shape index (κ3) is 6.29. The summed E-state index contributed by atoms with van der Waals surface area (Å²) in [5.74, 6) is -1.38. The van der Waals surface area contributed by atoms with Gasteiger partial charge in [0, 0.05) is 60.0 Å². The number of nitrogens with one attached hydrogen (secondary N) is 2. The molecule has 158 valence electrons. The molecule has 30 heavy (non-hydrogen) atoms. The molecule has 0 aromatic heterocycles. The van der Waals surface area contributed by atoms with Gasteiger partial charge in [0.1, 0.15) is 0 Å². The number of hydrogen-bond acceptors (Lipinski definition) is 4. The number of amides is 3. The maximum absolute atomic E-state index is 12.5. The van der Waals surface area contributed by atoms with E-state index in [-0.39, 0.29) is 5.91 Å². The summed E-state index contributed by atoms with van der Waals surface area (Å²) in [6, 6.07) is 13.9. The van der Waals surface area contributed by atoms with E-state index in [1.165, 1.54) is 0 Å². The van der Waals surface area contributed by atoms with E-state index in [0.29, 0.717) is 42.5 Å². The fourth-order valence-electron chi connectivity index (χ4n) is 3.08. The maximum Gasteiger partial charge on any atom is 0.313 e. The first-order valence-corrected chi connectivity index (χ1v) is 10.7. The molecule has 1 fully saturated rings. The summed E-state index contributed by atoms with van der Waals surface area (Å²) in [6.07, 6.45) is 0. The van der Waals surface area contributed by atoms with E-state index in [4.69, 9.17) is 11.6 Å². The minimum absolute atomic E-state index is 0.0225. The van der Waals surface area contributed by atoms with Crippen molar-refractivity contribution in [1.29, 1.82) is 0 Å². The molecular formula is C21H22BrClN4O3. The van der Waals surface area contributed by atoms with Crippen molar-refractivity contribution >= 4 is 50.9 Å². The third-order valence-electron chi connectivity index (χ3n) is 4.77. The zero-order valence-electron chi connectivity index (χ0n) is 16.2. The number of carbonyl (C=O) groups excluding carboxylic acids is 3. The van der Waals surface area contributed by atoms with Crippen LogP contribution in [0.3, 0.4) is 0 Å². The molecule has 0 aliphatic carbocycles. The predicted octanol–water partition coefficient (Wildman–Crippen LogP) is 2.62. The highest BCUT2D eigenvalue weighted by atomic mass is 79.9. The Morgan fingerprint density at radius 2 is 1.53 bits per heavy atom. The summed E-state index contributed by atoms with van der Waals surface area (Å²) in [5.41, 5.74) is 1.18. The van der Waals surface area contributed by atoms with Crippen LogP contribution in [0, 0.1) is 0 Å². The van der Waals surface area contributed by atoms with Crippen LogP contribution in [0.15, 0.2) is 53.0 Å². The molecule has 1 saturated heterocycles. The molecule has 2 aromatic carbocycles. The molecule has 1 aliphatic rings. The summed E-state index contributed by atoms with van der Waals surface area (Å²) in [5, 5.41) is 5.70. The zero-order valence-corrected chi connectivity index (χ0v) is 18.6. The van der Waals surface area contributed by atoms with E-state index in [1.54, 1.807) is 24.3 Å². The average Bonchev–Trinajstić information content (AvgIpc) is 2.76. The molecule has 9 heteroatoms. The molecule has 1 heterocycles. The number of hydrogen-bond donors (Lipinski definition) is 2. The molecular weight excluding hydrogens is 472 g/mol. The quantitative estimate of drug-likeness (QED) is 0.628. The second-order valence-electron chi connectivity index (χ2n) is 6.86. The highest BCUT2D eigenvalue weighted by Gasteiger charge is 2.22. The Morgan fingerprint density at radius 3 is 2.17 bits per heavy atom. The fourth-order valence-corrected chi connectivity index (χ4v) is 3.47. The van der Waals surface area contributed by atoms with Gasteiger partial charge in [-0.15, -0.1) is 0 Å². The van der Waals surface area contributed by atoms with Crippen LogP contribution < -0.4 is 10.6 Å². The van der Waals surface area contributed by atoms with Crippen molar-refractivity contribution in [2.45, 2.75) is 0 Å². The number of halogens is 2. The van der Waals surface area contributed by atoms with Crippen molar-refractivity contribution in [3.63, 3.8) is 0 Å². The molecule has 1 aliphatic heterocycles. The lowest BCUT2D eigenvalue weighted by molar-refractivity contribution is -0.136. The number of piperazine rings is 1. The molecule has 0 spiro atoms. The molecule has 3 rings (SSSR count). The lowest BCUT2D eigenvalue weighted by Gasteiger charge is -2.34. The Hall–Kier alpha value is -2.42. The maximum atomic E-state index is 12.5. The molecule has 0 unspecified atom stereocenters. The molecule has 2 aromatic rings. The Kier molecular flexibility index (Phi) is 7.84. The first kappa shape index (κ1) is 22.3. The number of anilines is 1. The van der Waals surface area contributed by atoms with Crippen LogP contribution in [0.25, 0.3) is 0 Å². The van der Waals surface area contributed by atoms with Gasteiger partial charge in [-0.05, 0) is 48.5 Å². The van der Waals surface area contributed by atoms with E-state index in [2.05, 4.69) is 31.5 Å².